The van der Waals surface area contributed by atoms with E-state index in [1.165, 1.54) is 28.8 Å². The molecule has 0 aliphatic carbocycles. The number of aromatic nitrogens is 2. The highest BCUT2D eigenvalue weighted by Gasteiger charge is 2.19. The summed E-state index contributed by atoms with van der Waals surface area (Å²) in [5.41, 5.74) is 5.24. The number of hydrogen-bond acceptors (Lipinski definition) is 2. The van der Waals surface area contributed by atoms with E-state index in [1.54, 1.807) is 0 Å². The van der Waals surface area contributed by atoms with Crippen molar-refractivity contribution in [1.82, 2.24) is 15.1 Å². The van der Waals surface area contributed by atoms with Gasteiger partial charge >= 0.3 is 0 Å². The standard InChI is InChI=1S/C16H21N3/c1-12-4-3-5-14(8-12)15-11-18-19(2)16(15)9-13-6-7-17-10-13/h3-5,8,11,13,17H,6-7,9-10H2,1-2H3. The normalized spacial score (nSPS) is 18.9. The van der Waals surface area contributed by atoms with E-state index in [-0.39, 0.29) is 0 Å². The third kappa shape index (κ3) is 2.56. The van der Waals surface area contributed by atoms with Crippen LogP contribution in [0.2, 0.25) is 0 Å². The third-order valence-electron chi connectivity index (χ3n) is 4.04. The topological polar surface area (TPSA) is 29.9 Å². The highest BCUT2D eigenvalue weighted by Crippen LogP contribution is 2.27. The lowest BCUT2D eigenvalue weighted by molar-refractivity contribution is 0.549. The third-order valence-corrected chi connectivity index (χ3v) is 4.04. The molecule has 1 saturated heterocycles. The van der Waals surface area contributed by atoms with Gasteiger partial charge in [-0.15, -0.1) is 0 Å². The summed E-state index contributed by atoms with van der Waals surface area (Å²) in [5, 5.41) is 7.90. The van der Waals surface area contributed by atoms with Crippen molar-refractivity contribution in [3.8, 4) is 11.1 Å². The Morgan fingerprint density at radius 1 is 1.42 bits per heavy atom. The highest BCUT2D eigenvalue weighted by atomic mass is 15.3. The summed E-state index contributed by atoms with van der Waals surface area (Å²) in [7, 11) is 2.05. The Kier molecular flexibility index (Phi) is 3.38. The molecule has 3 heteroatoms. The minimum atomic E-state index is 0.749. The molecule has 2 aromatic rings. The van der Waals surface area contributed by atoms with Crippen molar-refractivity contribution >= 4 is 0 Å². The first-order valence-corrected chi connectivity index (χ1v) is 7.02. The lowest BCUT2D eigenvalue weighted by atomic mass is 9.96. The first-order valence-electron chi connectivity index (χ1n) is 7.02. The molecule has 1 atom stereocenters. The second-order valence-electron chi connectivity index (χ2n) is 5.56. The Morgan fingerprint density at radius 3 is 3.05 bits per heavy atom. The van der Waals surface area contributed by atoms with Crippen molar-refractivity contribution in [2.45, 2.75) is 19.8 Å². The molecule has 1 aliphatic heterocycles. The van der Waals surface area contributed by atoms with Crippen LogP contribution in [0.25, 0.3) is 11.1 Å². The largest absolute Gasteiger partial charge is 0.316 e. The van der Waals surface area contributed by atoms with E-state index < -0.39 is 0 Å². The zero-order chi connectivity index (χ0) is 13.2. The number of hydrogen-bond donors (Lipinski definition) is 1. The van der Waals surface area contributed by atoms with Crippen LogP contribution in [-0.4, -0.2) is 22.9 Å². The summed E-state index contributed by atoms with van der Waals surface area (Å²) in [6.07, 6.45) is 4.40. The summed E-state index contributed by atoms with van der Waals surface area (Å²) < 4.78 is 2.04. The molecule has 3 rings (SSSR count). The number of benzene rings is 1. The minimum Gasteiger partial charge on any atom is -0.316 e. The van der Waals surface area contributed by atoms with Crippen LogP contribution in [0.4, 0.5) is 0 Å². The van der Waals surface area contributed by atoms with Crippen molar-refractivity contribution in [1.29, 1.82) is 0 Å². The molecule has 1 unspecified atom stereocenters. The SMILES string of the molecule is Cc1cccc(-c2cnn(C)c2CC2CCNC2)c1. The molecule has 0 spiro atoms. The van der Waals surface area contributed by atoms with Crippen LogP contribution in [0.15, 0.2) is 30.5 Å². The highest BCUT2D eigenvalue weighted by molar-refractivity contribution is 5.66. The fourth-order valence-corrected chi connectivity index (χ4v) is 2.92. The van der Waals surface area contributed by atoms with E-state index in [9.17, 15) is 0 Å². The summed E-state index contributed by atoms with van der Waals surface area (Å²) in [4.78, 5) is 0. The van der Waals surface area contributed by atoms with Crippen LogP contribution in [0, 0.1) is 12.8 Å². The van der Waals surface area contributed by atoms with Gasteiger partial charge in [0.05, 0.1) is 6.20 Å². The molecule has 1 aromatic carbocycles. The lowest BCUT2D eigenvalue weighted by Gasteiger charge is -2.11. The molecule has 100 valence electrons. The van der Waals surface area contributed by atoms with Gasteiger partial charge in [0.1, 0.15) is 0 Å². The van der Waals surface area contributed by atoms with Gasteiger partial charge in [-0.3, -0.25) is 4.68 Å². The maximum Gasteiger partial charge on any atom is 0.0571 e. The summed E-state index contributed by atoms with van der Waals surface area (Å²) in [6.45, 7) is 4.43. The Morgan fingerprint density at radius 2 is 2.32 bits per heavy atom. The molecule has 0 amide bonds. The first-order chi connectivity index (χ1) is 9.24. The first kappa shape index (κ1) is 12.4. The molecular formula is C16H21N3. The molecule has 2 heterocycles. The fraction of sp³-hybridized carbons (Fsp3) is 0.438. The molecule has 0 saturated carbocycles. The van der Waals surface area contributed by atoms with E-state index >= 15 is 0 Å². The predicted molar refractivity (Wildman–Crippen MR) is 78.1 cm³/mol. The van der Waals surface area contributed by atoms with Gasteiger partial charge in [-0.25, -0.2) is 0 Å². The maximum absolute atomic E-state index is 4.46. The monoisotopic (exact) mass is 255 g/mol. The van der Waals surface area contributed by atoms with Crippen molar-refractivity contribution in [3.05, 3.63) is 41.7 Å². The second kappa shape index (κ2) is 5.17. The van der Waals surface area contributed by atoms with Gasteiger partial charge in [-0.2, -0.15) is 5.10 Å². The van der Waals surface area contributed by atoms with Gasteiger partial charge in [0.25, 0.3) is 0 Å². The molecule has 19 heavy (non-hydrogen) atoms. The summed E-state index contributed by atoms with van der Waals surface area (Å²) >= 11 is 0. The van der Waals surface area contributed by atoms with Crippen LogP contribution in [-0.2, 0) is 13.5 Å². The van der Waals surface area contributed by atoms with E-state index in [0.29, 0.717) is 0 Å². The van der Waals surface area contributed by atoms with Gasteiger partial charge in [-0.1, -0.05) is 29.8 Å². The van der Waals surface area contributed by atoms with Crippen molar-refractivity contribution < 1.29 is 0 Å². The van der Waals surface area contributed by atoms with E-state index in [2.05, 4.69) is 48.7 Å². The van der Waals surface area contributed by atoms with Gasteiger partial charge in [0.15, 0.2) is 0 Å². The zero-order valence-electron chi connectivity index (χ0n) is 11.7. The van der Waals surface area contributed by atoms with Crippen molar-refractivity contribution in [2.75, 3.05) is 13.1 Å². The molecule has 0 bridgehead atoms. The Bertz CT molecular complexity index is 565. The predicted octanol–water partition coefficient (Wildman–Crippen LogP) is 2.55. The summed E-state index contributed by atoms with van der Waals surface area (Å²) in [5.74, 6) is 0.749. The number of aryl methyl sites for hydroxylation is 2. The van der Waals surface area contributed by atoms with Gasteiger partial charge in [0.2, 0.25) is 0 Å². The molecular weight excluding hydrogens is 234 g/mol. The second-order valence-corrected chi connectivity index (χ2v) is 5.56. The van der Waals surface area contributed by atoms with Crippen LogP contribution in [0.5, 0.6) is 0 Å². The van der Waals surface area contributed by atoms with Crippen molar-refractivity contribution in [3.63, 3.8) is 0 Å². The minimum absolute atomic E-state index is 0.749. The van der Waals surface area contributed by atoms with Gasteiger partial charge in [0, 0.05) is 18.3 Å². The van der Waals surface area contributed by atoms with Gasteiger partial charge in [-0.05, 0) is 44.3 Å². The average molecular weight is 255 g/mol. The lowest BCUT2D eigenvalue weighted by Crippen LogP contribution is -2.13. The molecule has 1 aromatic heterocycles. The molecule has 3 nitrogen and oxygen atoms in total. The Balaban J connectivity index is 1.93. The number of nitrogens with one attached hydrogen (secondary N) is 1. The van der Waals surface area contributed by atoms with Crippen LogP contribution in [0.3, 0.4) is 0 Å². The fourth-order valence-electron chi connectivity index (χ4n) is 2.92. The van der Waals surface area contributed by atoms with Crippen LogP contribution < -0.4 is 5.32 Å². The van der Waals surface area contributed by atoms with Crippen molar-refractivity contribution in [2.24, 2.45) is 13.0 Å². The molecule has 1 aliphatic rings. The Labute approximate surface area is 114 Å². The van der Waals surface area contributed by atoms with Crippen LogP contribution in [0.1, 0.15) is 17.7 Å². The summed E-state index contributed by atoms with van der Waals surface area (Å²) in [6, 6.07) is 8.69. The van der Waals surface area contributed by atoms with E-state index in [4.69, 9.17) is 0 Å². The van der Waals surface area contributed by atoms with Crippen LogP contribution >= 0.6 is 0 Å². The molecule has 1 fully saturated rings. The smallest absolute Gasteiger partial charge is 0.0571 e. The zero-order valence-corrected chi connectivity index (χ0v) is 11.7. The Hall–Kier alpha value is -1.61. The molecule has 1 N–H and O–H groups in total. The van der Waals surface area contributed by atoms with E-state index in [1.807, 2.05) is 10.9 Å². The van der Waals surface area contributed by atoms with E-state index in [0.717, 1.165) is 25.4 Å². The number of nitrogens with zero attached hydrogens (tertiary/aromatic N) is 2. The quantitative estimate of drug-likeness (QED) is 0.913. The maximum atomic E-state index is 4.46. The van der Waals surface area contributed by atoms with Gasteiger partial charge < -0.3 is 5.32 Å². The molecule has 0 radical (unpaired) electrons. The number of rotatable bonds is 3. The average Bonchev–Trinajstić information content (AvgIpc) is 3.01.